The van der Waals surface area contributed by atoms with Crippen LogP contribution in [0.5, 0.6) is 0 Å². The van der Waals surface area contributed by atoms with Crippen molar-refractivity contribution < 1.29 is 0 Å². The minimum absolute atomic E-state index is 0.459. The van der Waals surface area contributed by atoms with Crippen LogP contribution in [0.2, 0.25) is 0 Å². The van der Waals surface area contributed by atoms with Crippen molar-refractivity contribution in [3.63, 3.8) is 0 Å². The van der Waals surface area contributed by atoms with E-state index in [-0.39, 0.29) is 0 Å². The van der Waals surface area contributed by atoms with E-state index in [2.05, 4.69) is 93.8 Å². The van der Waals surface area contributed by atoms with E-state index in [0.717, 1.165) is 23.7 Å². The van der Waals surface area contributed by atoms with Crippen LogP contribution in [0.1, 0.15) is 129 Å². The largest absolute Gasteiger partial charge is 0.103 e. The van der Waals surface area contributed by atoms with Crippen LogP contribution in [0.4, 0.5) is 0 Å². The topological polar surface area (TPSA) is 0 Å². The first kappa shape index (κ1) is 35.1. The fourth-order valence-electron chi connectivity index (χ4n) is 12.2. The van der Waals surface area contributed by atoms with Crippen molar-refractivity contribution in [2.75, 3.05) is 0 Å². The lowest BCUT2D eigenvalue weighted by Gasteiger charge is -2.47. The van der Waals surface area contributed by atoms with Crippen LogP contribution in [-0.4, -0.2) is 0 Å². The molecule has 0 radical (unpaired) electrons. The van der Waals surface area contributed by atoms with E-state index in [1.54, 1.807) is 22.3 Å². The molecule has 0 amide bonds. The number of allylic oxidation sites excluding steroid dienone is 16. The minimum atomic E-state index is 0.459. The Kier molecular flexibility index (Phi) is 11.7. The molecule has 7 aliphatic rings. The first-order valence-electron chi connectivity index (χ1n) is 21.3. The normalized spacial score (nSPS) is 35.4. The zero-order valence-electron chi connectivity index (χ0n) is 31.3. The summed E-state index contributed by atoms with van der Waals surface area (Å²) >= 11 is 0. The predicted molar refractivity (Wildman–Crippen MR) is 212 cm³/mol. The summed E-state index contributed by atoms with van der Waals surface area (Å²) in [4.78, 5) is 0. The summed E-state index contributed by atoms with van der Waals surface area (Å²) in [5.74, 6) is 7.60. The SMILES string of the molecule is C=CC(CCC(C)C1C=CC(C2C=CC(C(C=C)CCCCC)C3CCCCC23)=C2CCCCC21)C1=CC2C=CCCC2C2=C1C=CCC2. The van der Waals surface area contributed by atoms with Crippen LogP contribution in [0.3, 0.4) is 0 Å². The standard InChI is InChI=1S/C49H68/c1-5-8-9-18-35(6-2)40-30-32-48(45-25-16-13-23-43(40)45)47-31-29-38(41-21-12-15-24-44(41)47)34(4)27-28-36(7-3)49-33-37-19-10-11-20-39(37)42-22-14-17-26-46(42)49/h6-7,10,17,19,26,29-41,43,45,48H,2-3,5,8-9,11-16,18,20-25,27-28H2,1,4H3. The molecule has 264 valence electrons. The number of rotatable bonds is 13. The Balaban J connectivity index is 1.07. The van der Waals surface area contributed by atoms with Crippen LogP contribution in [-0.2, 0) is 0 Å². The molecule has 0 N–H and O–H groups in total. The Morgan fingerprint density at radius 3 is 2.43 bits per heavy atom. The van der Waals surface area contributed by atoms with E-state index in [9.17, 15) is 0 Å². The summed E-state index contributed by atoms with van der Waals surface area (Å²) in [6.45, 7) is 13.7. The zero-order valence-corrected chi connectivity index (χ0v) is 31.3. The first-order chi connectivity index (χ1) is 24.1. The summed E-state index contributed by atoms with van der Waals surface area (Å²) < 4.78 is 0. The Labute approximate surface area is 301 Å². The third-order valence-corrected chi connectivity index (χ3v) is 14.7. The molecule has 0 aromatic heterocycles. The van der Waals surface area contributed by atoms with Crippen LogP contribution in [0, 0.1) is 65.1 Å². The van der Waals surface area contributed by atoms with Crippen molar-refractivity contribution in [1.29, 1.82) is 0 Å². The molecule has 0 aromatic rings. The summed E-state index contributed by atoms with van der Waals surface area (Å²) in [5.41, 5.74) is 8.57. The second-order valence-electron chi connectivity index (χ2n) is 17.4. The van der Waals surface area contributed by atoms with Gasteiger partial charge in [-0.15, -0.1) is 13.2 Å². The quantitative estimate of drug-likeness (QED) is 0.137. The number of hydrogen-bond acceptors (Lipinski definition) is 0. The molecule has 2 saturated carbocycles. The van der Waals surface area contributed by atoms with E-state index in [4.69, 9.17) is 0 Å². The highest BCUT2D eigenvalue weighted by molar-refractivity contribution is 5.52. The molecule has 7 aliphatic carbocycles. The highest BCUT2D eigenvalue weighted by Gasteiger charge is 2.43. The molecule has 0 bridgehead atoms. The van der Waals surface area contributed by atoms with E-state index in [1.165, 1.54) is 116 Å². The number of fused-ring (bicyclic) bond motifs is 4. The maximum Gasteiger partial charge on any atom is 0.00487 e. The molecule has 0 aliphatic heterocycles. The maximum atomic E-state index is 4.43. The van der Waals surface area contributed by atoms with E-state index in [0.29, 0.717) is 41.4 Å². The van der Waals surface area contributed by atoms with E-state index in [1.807, 2.05) is 5.57 Å². The lowest BCUT2D eigenvalue weighted by molar-refractivity contribution is 0.119. The van der Waals surface area contributed by atoms with Gasteiger partial charge in [0.05, 0.1) is 0 Å². The van der Waals surface area contributed by atoms with Gasteiger partial charge in [-0.25, -0.2) is 0 Å². The van der Waals surface area contributed by atoms with Gasteiger partial charge in [0.15, 0.2) is 0 Å². The second kappa shape index (κ2) is 16.3. The molecule has 0 heteroatoms. The summed E-state index contributed by atoms with van der Waals surface area (Å²) in [6.07, 6.45) is 52.1. The van der Waals surface area contributed by atoms with Crippen LogP contribution >= 0.6 is 0 Å². The molecular weight excluding hydrogens is 589 g/mol. The second-order valence-corrected chi connectivity index (χ2v) is 17.4. The van der Waals surface area contributed by atoms with Crippen molar-refractivity contribution in [1.82, 2.24) is 0 Å². The van der Waals surface area contributed by atoms with Gasteiger partial charge >= 0.3 is 0 Å². The Morgan fingerprint density at radius 1 is 0.735 bits per heavy atom. The molecule has 0 spiro atoms. The van der Waals surface area contributed by atoms with Crippen molar-refractivity contribution >= 4 is 0 Å². The Morgan fingerprint density at radius 2 is 1.59 bits per heavy atom. The lowest BCUT2D eigenvalue weighted by Crippen LogP contribution is -2.39. The minimum Gasteiger partial charge on any atom is -0.103 e. The van der Waals surface area contributed by atoms with Gasteiger partial charge in [0.1, 0.15) is 0 Å². The number of hydrogen-bond donors (Lipinski definition) is 0. The third kappa shape index (κ3) is 7.24. The van der Waals surface area contributed by atoms with Crippen LogP contribution < -0.4 is 0 Å². The molecule has 0 aromatic carbocycles. The van der Waals surface area contributed by atoms with Crippen molar-refractivity contribution in [3.8, 4) is 0 Å². The van der Waals surface area contributed by atoms with Gasteiger partial charge in [-0.05, 0) is 141 Å². The van der Waals surface area contributed by atoms with Gasteiger partial charge < -0.3 is 0 Å². The van der Waals surface area contributed by atoms with Gasteiger partial charge in [-0.1, -0.05) is 130 Å². The highest BCUT2D eigenvalue weighted by atomic mass is 14.5. The van der Waals surface area contributed by atoms with E-state index >= 15 is 0 Å². The average Bonchev–Trinajstić information content (AvgIpc) is 3.16. The molecule has 11 unspecified atom stereocenters. The highest BCUT2D eigenvalue weighted by Crippen LogP contribution is 2.54. The van der Waals surface area contributed by atoms with Crippen LogP contribution in [0.15, 0.2) is 108 Å². The summed E-state index contributed by atoms with van der Waals surface area (Å²) in [7, 11) is 0. The zero-order chi connectivity index (χ0) is 33.7. The average molecular weight is 657 g/mol. The monoisotopic (exact) mass is 657 g/mol. The summed E-state index contributed by atoms with van der Waals surface area (Å²) in [5, 5.41) is 0. The van der Waals surface area contributed by atoms with Crippen molar-refractivity contribution in [3.05, 3.63) is 108 Å². The molecule has 0 heterocycles. The van der Waals surface area contributed by atoms with Crippen molar-refractivity contribution in [2.45, 2.75) is 129 Å². The molecule has 2 fully saturated rings. The molecule has 7 rings (SSSR count). The van der Waals surface area contributed by atoms with E-state index < -0.39 is 0 Å². The smallest absolute Gasteiger partial charge is 0.00487 e. The molecular formula is C49H68. The molecule has 11 atom stereocenters. The van der Waals surface area contributed by atoms with Gasteiger partial charge in [0, 0.05) is 17.8 Å². The molecule has 0 saturated heterocycles. The first-order valence-corrected chi connectivity index (χ1v) is 21.3. The lowest BCUT2D eigenvalue weighted by atomic mass is 9.57. The fraction of sp³-hybridized carbons (Fsp3) is 0.633. The number of unbranched alkanes of at least 4 members (excludes halogenated alkanes) is 2. The van der Waals surface area contributed by atoms with Gasteiger partial charge in [0.2, 0.25) is 0 Å². The summed E-state index contributed by atoms with van der Waals surface area (Å²) in [6, 6.07) is 0. The maximum absolute atomic E-state index is 4.43. The Hall–Kier alpha value is -2.34. The van der Waals surface area contributed by atoms with Gasteiger partial charge in [-0.2, -0.15) is 0 Å². The third-order valence-electron chi connectivity index (χ3n) is 14.7. The van der Waals surface area contributed by atoms with Crippen molar-refractivity contribution in [2.24, 2.45) is 65.1 Å². The Bertz CT molecular complexity index is 1400. The van der Waals surface area contributed by atoms with Gasteiger partial charge in [0.25, 0.3) is 0 Å². The fourth-order valence-corrected chi connectivity index (χ4v) is 12.2. The van der Waals surface area contributed by atoms with Gasteiger partial charge in [-0.3, -0.25) is 0 Å². The molecule has 0 nitrogen and oxygen atoms in total. The molecule has 49 heavy (non-hydrogen) atoms. The van der Waals surface area contributed by atoms with Crippen LogP contribution in [0.25, 0.3) is 0 Å². The predicted octanol–water partition coefficient (Wildman–Crippen LogP) is 14.0.